The summed E-state index contributed by atoms with van der Waals surface area (Å²) in [6.07, 6.45) is 1.70. The molecular weight excluding hydrogens is 256 g/mol. The Bertz CT molecular complexity index is 657. The zero-order valence-electron chi connectivity index (χ0n) is 8.80. The molecular formula is C12H9ClN2OS. The summed E-state index contributed by atoms with van der Waals surface area (Å²) in [5.74, 6) is 0. The smallest absolute Gasteiger partial charge is 0.194 e. The third-order valence-corrected chi connectivity index (χ3v) is 3.71. The molecule has 3 rings (SSSR count). The van der Waals surface area contributed by atoms with Crippen LogP contribution in [0.4, 0.5) is 0 Å². The first-order valence-electron chi connectivity index (χ1n) is 5.10. The van der Waals surface area contributed by atoms with Crippen LogP contribution >= 0.6 is 22.9 Å². The quantitative estimate of drug-likeness (QED) is 0.772. The summed E-state index contributed by atoms with van der Waals surface area (Å²) in [5, 5.41) is 12.0. The van der Waals surface area contributed by atoms with Crippen molar-refractivity contribution in [2.45, 2.75) is 6.61 Å². The Morgan fingerprint density at radius 1 is 1.29 bits per heavy atom. The highest BCUT2D eigenvalue weighted by atomic mass is 35.5. The number of rotatable bonds is 2. The molecule has 0 amide bonds. The molecule has 1 N–H and O–H groups in total. The van der Waals surface area contributed by atoms with Crippen molar-refractivity contribution in [1.29, 1.82) is 0 Å². The van der Waals surface area contributed by atoms with Gasteiger partial charge in [-0.25, -0.2) is 4.98 Å². The van der Waals surface area contributed by atoms with Crippen LogP contribution in [0.5, 0.6) is 0 Å². The van der Waals surface area contributed by atoms with Crippen molar-refractivity contribution >= 4 is 27.9 Å². The van der Waals surface area contributed by atoms with Gasteiger partial charge >= 0.3 is 0 Å². The molecule has 5 heteroatoms. The summed E-state index contributed by atoms with van der Waals surface area (Å²) >= 11 is 7.43. The zero-order chi connectivity index (χ0) is 11.8. The second-order valence-electron chi connectivity index (χ2n) is 3.65. The van der Waals surface area contributed by atoms with E-state index in [2.05, 4.69) is 4.98 Å². The maximum absolute atomic E-state index is 9.28. The Balaban J connectivity index is 2.22. The second-order valence-corrected chi connectivity index (χ2v) is 4.93. The maximum atomic E-state index is 9.28. The minimum atomic E-state index is -0.0154. The maximum Gasteiger partial charge on any atom is 0.194 e. The number of hydrogen-bond donors (Lipinski definition) is 1. The largest absolute Gasteiger partial charge is 0.390 e. The van der Waals surface area contributed by atoms with Gasteiger partial charge in [0.05, 0.1) is 24.2 Å². The molecule has 2 heterocycles. The van der Waals surface area contributed by atoms with Crippen LogP contribution in [-0.2, 0) is 6.61 Å². The molecule has 0 fully saturated rings. The van der Waals surface area contributed by atoms with E-state index >= 15 is 0 Å². The lowest BCUT2D eigenvalue weighted by molar-refractivity contribution is 0.276. The summed E-state index contributed by atoms with van der Waals surface area (Å²) < 4.78 is 1.97. The Kier molecular flexibility index (Phi) is 2.63. The fourth-order valence-corrected chi connectivity index (χ4v) is 2.82. The molecule has 1 aromatic carbocycles. The van der Waals surface area contributed by atoms with E-state index < -0.39 is 0 Å². The highest BCUT2D eigenvalue weighted by molar-refractivity contribution is 7.15. The van der Waals surface area contributed by atoms with Crippen molar-refractivity contribution in [1.82, 2.24) is 9.38 Å². The van der Waals surface area contributed by atoms with Gasteiger partial charge in [-0.2, -0.15) is 0 Å². The number of benzene rings is 1. The number of aliphatic hydroxyl groups excluding tert-OH is 1. The van der Waals surface area contributed by atoms with E-state index in [4.69, 9.17) is 11.6 Å². The van der Waals surface area contributed by atoms with E-state index in [1.54, 1.807) is 17.5 Å². The van der Waals surface area contributed by atoms with Gasteiger partial charge in [0.1, 0.15) is 0 Å². The zero-order valence-corrected chi connectivity index (χ0v) is 10.4. The molecule has 0 aliphatic carbocycles. The van der Waals surface area contributed by atoms with Crippen LogP contribution in [0.25, 0.3) is 16.2 Å². The molecule has 3 aromatic rings. The number of aliphatic hydroxyl groups is 1. The third kappa shape index (κ3) is 1.74. The summed E-state index contributed by atoms with van der Waals surface area (Å²) in [5.41, 5.74) is 2.89. The van der Waals surface area contributed by atoms with Gasteiger partial charge in [-0.3, -0.25) is 4.40 Å². The first kappa shape index (κ1) is 10.8. The first-order chi connectivity index (χ1) is 8.29. The normalized spacial score (nSPS) is 11.2. The molecule has 0 spiro atoms. The Hall–Kier alpha value is -1.36. The van der Waals surface area contributed by atoms with E-state index in [0.29, 0.717) is 5.02 Å². The van der Waals surface area contributed by atoms with Gasteiger partial charge < -0.3 is 5.11 Å². The minimum Gasteiger partial charge on any atom is -0.390 e. The Morgan fingerprint density at radius 3 is 2.76 bits per heavy atom. The molecule has 86 valence electrons. The fourth-order valence-electron chi connectivity index (χ4n) is 1.80. The van der Waals surface area contributed by atoms with Gasteiger partial charge in [0.2, 0.25) is 0 Å². The fraction of sp³-hybridized carbons (Fsp3) is 0.0833. The van der Waals surface area contributed by atoms with Crippen molar-refractivity contribution in [3.05, 3.63) is 46.6 Å². The van der Waals surface area contributed by atoms with E-state index in [1.165, 1.54) is 0 Å². The summed E-state index contributed by atoms with van der Waals surface area (Å²) in [4.78, 5) is 5.14. The standard InChI is InChI=1S/C12H9ClN2OS/c13-9-3-1-8(2-4-9)11-7-17-12-14-5-10(6-16)15(11)12/h1-5,7,16H,6H2. The molecule has 0 unspecified atom stereocenters. The summed E-state index contributed by atoms with van der Waals surface area (Å²) in [6, 6.07) is 7.64. The van der Waals surface area contributed by atoms with E-state index in [1.807, 2.05) is 34.0 Å². The highest BCUT2D eigenvalue weighted by Crippen LogP contribution is 2.28. The SMILES string of the molecule is OCc1cnc2scc(-c3ccc(Cl)cc3)n12. The van der Waals surface area contributed by atoms with Crippen molar-refractivity contribution in [2.75, 3.05) is 0 Å². The van der Waals surface area contributed by atoms with Crippen LogP contribution in [0.3, 0.4) is 0 Å². The average molecular weight is 265 g/mol. The second kappa shape index (κ2) is 4.14. The topological polar surface area (TPSA) is 37.5 Å². The summed E-state index contributed by atoms with van der Waals surface area (Å²) in [6.45, 7) is -0.0154. The third-order valence-electron chi connectivity index (χ3n) is 2.62. The van der Waals surface area contributed by atoms with Crippen LogP contribution < -0.4 is 0 Å². The number of nitrogens with zero attached hydrogens (tertiary/aromatic N) is 2. The number of thiazole rings is 1. The van der Waals surface area contributed by atoms with Crippen LogP contribution in [0.15, 0.2) is 35.8 Å². The van der Waals surface area contributed by atoms with Crippen LogP contribution in [0, 0.1) is 0 Å². The van der Waals surface area contributed by atoms with Gasteiger partial charge in [-0.15, -0.1) is 11.3 Å². The number of aromatic nitrogens is 2. The van der Waals surface area contributed by atoms with Crippen molar-refractivity contribution in [3.8, 4) is 11.3 Å². The van der Waals surface area contributed by atoms with E-state index in [0.717, 1.165) is 21.9 Å². The van der Waals surface area contributed by atoms with Crippen LogP contribution in [0.1, 0.15) is 5.69 Å². The first-order valence-corrected chi connectivity index (χ1v) is 6.36. The Labute approximate surface area is 107 Å². The van der Waals surface area contributed by atoms with Crippen LogP contribution in [0.2, 0.25) is 5.02 Å². The van der Waals surface area contributed by atoms with Crippen molar-refractivity contribution in [2.24, 2.45) is 0 Å². The molecule has 0 saturated carbocycles. The number of imidazole rings is 1. The van der Waals surface area contributed by atoms with Crippen molar-refractivity contribution in [3.63, 3.8) is 0 Å². The average Bonchev–Trinajstić information content (AvgIpc) is 2.91. The predicted octanol–water partition coefficient (Wildman–Crippen LogP) is 3.21. The molecule has 0 aliphatic heterocycles. The lowest BCUT2D eigenvalue weighted by atomic mass is 10.2. The van der Waals surface area contributed by atoms with E-state index in [9.17, 15) is 5.11 Å². The molecule has 3 nitrogen and oxygen atoms in total. The van der Waals surface area contributed by atoms with E-state index in [-0.39, 0.29) is 6.61 Å². The predicted molar refractivity (Wildman–Crippen MR) is 69.4 cm³/mol. The molecule has 2 aromatic heterocycles. The van der Waals surface area contributed by atoms with Gasteiger partial charge in [0.15, 0.2) is 4.96 Å². The monoisotopic (exact) mass is 264 g/mol. The molecule has 0 atom stereocenters. The van der Waals surface area contributed by atoms with Crippen molar-refractivity contribution < 1.29 is 5.11 Å². The number of hydrogen-bond acceptors (Lipinski definition) is 3. The number of halogens is 1. The highest BCUT2D eigenvalue weighted by Gasteiger charge is 2.10. The van der Waals surface area contributed by atoms with Gasteiger partial charge in [0.25, 0.3) is 0 Å². The molecule has 17 heavy (non-hydrogen) atoms. The van der Waals surface area contributed by atoms with Gasteiger partial charge in [0, 0.05) is 10.4 Å². The lowest BCUT2D eigenvalue weighted by Gasteiger charge is -2.02. The number of fused-ring (bicyclic) bond motifs is 1. The summed E-state index contributed by atoms with van der Waals surface area (Å²) in [7, 11) is 0. The van der Waals surface area contributed by atoms with Gasteiger partial charge in [-0.1, -0.05) is 23.7 Å². The molecule has 0 saturated heterocycles. The Morgan fingerprint density at radius 2 is 2.06 bits per heavy atom. The van der Waals surface area contributed by atoms with Gasteiger partial charge in [-0.05, 0) is 17.7 Å². The molecule has 0 bridgehead atoms. The molecule has 0 aliphatic rings. The molecule has 0 radical (unpaired) electrons. The minimum absolute atomic E-state index is 0.0154. The lowest BCUT2D eigenvalue weighted by Crippen LogP contribution is -1.92. The van der Waals surface area contributed by atoms with Crippen LogP contribution in [-0.4, -0.2) is 14.5 Å².